The van der Waals surface area contributed by atoms with Crippen LogP contribution in [0.15, 0.2) is 72.1 Å². The van der Waals surface area contributed by atoms with Gasteiger partial charge in [-0.2, -0.15) is 0 Å². The van der Waals surface area contributed by atoms with E-state index in [1.807, 2.05) is 36.4 Å². The smallest absolute Gasteiger partial charge is 0.297 e. The average molecular weight is 433 g/mol. The van der Waals surface area contributed by atoms with Crippen LogP contribution in [0.1, 0.15) is 25.3 Å². The number of ether oxygens (including phenoxy) is 2. The minimum absolute atomic E-state index is 0.165. The van der Waals surface area contributed by atoms with Crippen molar-refractivity contribution in [2.75, 3.05) is 18.5 Å². The van der Waals surface area contributed by atoms with Gasteiger partial charge < -0.3 is 19.4 Å². The first kappa shape index (κ1) is 22.9. The molecule has 6 heteroatoms. The Bertz CT molecular complexity index is 1180. The summed E-state index contributed by atoms with van der Waals surface area (Å²) in [6.07, 6.45) is 6.64. The van der Waals surface area contributed by atoms with Gasteiger partial charge in [-0.05, 0) is 36.3 Å². The predicted octanol–water partition coefficient (Wildman–Crippen LogP) is 4.93. The summed E-state index contributed by atoms with van der Waals surface area (Å²) in [5, 5.41) is 3.58. The van der Waals surface area contributed by atoms with E-state index in [-0.39, 0.29) is 23.8 Å². The minimum atomic E-state index is -0.307. The van der Waals surface area contributed by atoms with Gasteiger partial charge in [0, 0.05) is 24.2 Å². The Hall–Kier alpha value is -3.80. The standard InChI is InChI=1S/C26H28N2O4/c1-4-6-17-32-24-21-14-13-20(27-23(29)15-12-19-10-8-7-9-11-19)18-22(21)28(3)26(30)25(24)31-16-5-2/h5,7-15,18H,2,4,6,16-17H2,1,3H3,(H,27,29). The number of hydrogen-bond donors (Lipinski definition) is 1. The Morgan fingerprint density at radius 2 is 1.91 bits per heavy atom. The first-order valence-electron chi connectivity index (χ1n) is 10.6. The highest BCUT2D eigenvalue weighted by atomic mass is 16.5. The first-order valence-corrected chi connectivity index (χ1v) is 10.6. The van der Waals surface area contributed by atoms with Gasteiger partial charge in [0.15, 0.2) is 5.75 Å². The summed E-state index contributed by atoms with van der Waals surface area (Å²) in [6.45, 7) is 6.40. The molecule has 0 unspecified atom stereocenters. The molecule has 6 nitrogen and oxygen atoms in total. The zero-order chi connectivity index (χ0) is 22.9. The van der Waals surface area contributed by atoms with Gasteiger partial charge in [-0.25, -0.2) is 0 Å². The van der Waals surface area contributed by atoms with Crippen molar-refractivity contribution in [2.24, 2.45) is 7.05 Å². The number of pyridine rings is 1. The quantitative estimate of drug-likeness (QED) is 0.280. The molecule has 0 aliphatic rings. The van der Waals surface area contributed by atoms with Gasteiger partial charge in [-0.15, -0.1) is 0 Å². The number of aryl methyl sites for hydroxylation is 1. The van der Waals surface area contributed by atoms with Crippen molar-refractivity contribution in [2.45, 2.75) is 19.8 Å². The second kappa shape index (κ2) is 11.0. The summed E-state index contributed by atoms with van der Waals surface area (Å²) in [5.41, 5.74) is 1.84. The van der Waals surface area contributed by atoms with Crippen LogP contribution in [0.5, 0.6) is 11.5 Å². The van der Waals surface area contributed by atoms with Gasteiger partial charge >= 0.3 is 0 Å². The molecule has 1 heterocycles. The molecule has 1 amide bonds. The third-order valence-corrected chi connectivity index (χ3v) is 4.89. The maximum atomic E-state index is 13.0. The number of nitrogens with one attached hydrogen (secondary N) is 1. The fourth-order valence-corrected chi connectivity index (χ4v) is 3.21. The Balaban J connectivity index is 1.93. The van der Waals surface area contributed by atoms with Gasteiger partial charge in [0.2, 0.25) is 11.7 Å². The number of rotatable bonds is 10. The topological polar surface area (TPSA) is 69.6 Å². The second-order valence-corrected chi connectivity index (χ2v) is 7.29. The number of anilines is 1. The largest absolute Gasteiger partial charge is 0.489 e. The number of benzene rings is 2. The van der Waals surface area contributed by atoms with E-state index >= 15 is 0 Å². The third kappa shape index (κ3) is 5.46. The van der Waals surface area contributed by atoms with Crippen molar-refractivity contribution in [3.8, 4) is 11.5 Å². The Morgan fingerprint density at radius 3 is 2.62 bits per heavy atom. The molecule has 1 N–H and O–H groups in total. The number of nitrogens with zero attached hydrogens (tertiary/aromatic N) is 1. The summed E-state index contributed by atoms with van der Waals surface area (Å²) in [6, 6.07) is 14.9. The molecule has 166 valence electrons. The number of aromatic nitrogens is 1. The van der Waals surface area contributed by atoms with Crippen molar-refractivity contribution in [1.29, 1.82) is 0 Å². The first-order chi connectivity index (χ1) is 15.5. The van der Waals surface area contributed by atoms with Crippen LogP contribution in [0.3, 0.4) is 0 Å². The SMILES string of the molecule is C=CCOc1c(OCCCC)c2ccc(NC(=O)C=Cc3ccccc3)cc2n(C)c1=O. The number of carbonyl (C=O) groups is 1. The summed E-state index contributed by atoms with van der Waals surface area (Å²) < 4.78 is 13.1. The zero-order valence-electron chi connectivity index (χ0n) is 18.5. The molecule has 0 spiro atoms. The summed E-state index contributed by atoms with van der Waals surface area (Å²) in [7, 11) is 1.67. The van der Waals surface area contributed by atoms with Crippen molar-refractivity contribution in [3.05, 3.63) is 83.2 Å². The summed E-state index contributed by atoms with van der Waals surface area (Å²) in [5.74, 6) is 0.322. The lowest BCUT2D eigenvalue weighted by Gasteiger charge is -2.17. The van der Waals surface area contributed by atoms with Gasteiger partial charge in [0.05, 0.1) is 12.1 Å². The van der Waals surface area contributed by atoms with E-state index in [0.29, 0.717) is 23.6 Å². The van der Waals surface area contributed by atoms with E-state index in [1.54, 1.807) is 31.3 Å². The highest BCUT2D eigenvalue weighted by molar-refractivity contribution is 6.03. The van der Waals surface area contributed by atoms with Crippen LogP contribution in [0.2, 0.25) is 0 Å². The summed E-state index contributed by atoms with van der Waals surface area (Å²) in [4.78, 5) is 25.3. The molecular weight excluding hydrogens is 404 g/mol. The molecule has 0 aliphatic carbocycles. The molecule has 0 fully saturated rings. The number of amides is 1. The van der Waals surface area contributed by atoms with Crippen LogP contribution < -0.4 is 20.3 Å². The normalized spacial score (nSPS) is 10.9. The Morgan fingerprint density at radius 1 is 1.12 bits per heavy atom. The van der Waals surface area contributed by atoms with E-state index in [1.165, 1.54) is 10.6 Å². The number of unbranched alkanes of at least 4 members (excludes halogenated alkanes) is 1. The van der Waals surface area contributed by atoms with Crippen LogP contribution in [0.4, 0.5) is 5.69 Å². The highest BCUT2D eigenvalue weighted by Crippen LogP contribution is 2.34. The molecule has 0 aliphatic heterocycles. The molecule has 0 saturated heterocycles. The lowest BCUT2D eigenvalue weighted by molar-refractivity contribution is -0.111. The average Bonchev–Trinajstić information content (AvgIpc) is 2.81. The molecule has 0 atom stereocenters. The van der Waals surface area contributed by atoms with Crippen LogP contribution in [-0.4, -0.2) is 23.7 Å². The van der Waals surface area contributed by atoms with Crippen LogP contribution in [0, 0.1) is 0 Å². The monoisotopic (exact) mass is 432 g/mol. The third-order valence-electron chi connectivity index (χ3n) is 4.89. The molecule has 0 saturated carbocycles. The lowest BCUT2D eigenvalue weighted by atomic mass is 10.1. The highest BCUT2D eigenvalue weighted by Gasteiger charge is 2.18. The van der Waals surface area contributed by atoms with Crippen LogP contribution in [-0.2, 0) is 11.8 Å². The number of carbonyl (C=O) groups excluding carboxylic acids is 1. The van der Waals surface area contributed by atoms with Crippen molar-refractivity contribution in [3.63, 3.8) is 0 Å². The van der Waals surface area contributed by atoms with Crippen LogP contribution >= 0.6 is 0 Å². The van der Waals surface area contributed by atoms with Crippen molar-refractivity contribution in [1.82, 2.24) is 4.57 Å². The van der Waals surface area contributed by atoms with Gasteiger partial charge in [0.1, 0.15) is 6.61 Å². The van der Waals surface area contributed by atoms with Gasteiger partial charge in [-0.1, -0.05) is 56.3 Å². The van der Waals surface area contributed by atoms with Gasteiger partial charge in [-0.3, -0.25) is 9.59 Å². The fraction of sp³-hybridized carbons (Fsp3) is 0.231. The number of fused-ring (bicyclic) bond motifs is 1. The maximum Gasteiger partial charge on any atom is 0.297 e. The molecule has 3 aromatic rings. The van der Waals surface area contributed by atoms with Crippen molar-refractivity contribution < 1.29 is 14.3 Å². The number of hydrogen-bond acceptors (Lipinski definition) is 4. The Kier molecular flexibility index (Phi) is 7.86. The molecule has 0 radical (unpaired) electrons. The molecule has 1 aromatic heterocycles. The minimum Gasteiger partial charge on any atom is -0.489 e. The fourth-order valence-electron chi connectivity index (χ4n) is 3.21. The van der Waals surface area contributed by atoms with Gasteiger partial charge in [0.25, 0.3) is 5.56 Å². The molecule has 0 bridgehead atoms. The zero-order valence-corrected chi connectivity index (χ0v) is 18.5. The Labute approximate surface area is 187 Å². The van der Waals surface area contributed by atoms with E-state index in [4.69, 9.17) is 9.47 Å². The predicted molar refractivity (Wildman–Crippen MR) is 129 cm³/mol. The molecule has 32 heavy (non-hydrogen) atoms. The molecular formula is C26H28N2O4. The molecule has 3 rings (SSSR count). The van der Waals surface area contributed by atoms with Crippen molar-refractivity contribution >= 4 is 28.6 Å². The maximum absolute atomic E-state index is 13.0. The van der Waals surface area contributed by atoms with E-state index in [9.17, 15) is 9.59 Å². The lowest BCUT2D eigenvalue weighted by Crippen LogP contribution is -2.21. The van der Waals surface area contributed by atoms with E-state index in [2.05, 4.69) is 18.8 Å². The second-order valence-electron chi connectivity index (χ2n) is 7.29. The van der Waals surface area contributed by atoms with E-state index < -0.39 is 0 Å². The molecule has 2 aromatic carbocycles. The van der Waals surface area contributed by atoms with E-state index in [0.717, 1.165) is 23.8 Å². The summed E-state index contributed by atoms with van der Waals surface area (Å²) >= 11 is 0. The van der Waals surface area contributed by atoms with Crippen LogP contribution in [0.25, 0.3) is 17.0 Å².